The highest BCUT2D eigenvalue weighted by Crippen LogP contribution is 2.21. The van der Waals surface area contributed by atoms with Gasteiger partial charge in [0.1, 0.15) is 5.82 Å². The maximum Gasteiger partial charge on any atom is 0.252 e. The predicted molar refractivity (Wildman–Crippen MR) is 118 cm³/mol. The van der Waals surface area contributed by atoms with Crippen LogP contribution in [0.25, 0.3) is 0 Å². The summed E-state index contributed by atoms with van der Waals surface area (Å²) in [6.45, 7) is 2.75. The zero-order valence-corrected chi connectivity index (χ0v) is 19.1. The van der Waals surface area contributed by atoms with Gasteiger partial charge < -0.3 is 15.0 Å². The average molecular weight is 497 g/mol. The van der Waals surface area contributed by atoms with Gasteiger partial charge in [-0.2, -0.15) is 0 Å². The molecule has 1 fully saturated rings. The maximum absolute atomic E-state index is 12.6. The summed E-state index contributed by atoms with van der Waals surface area (Å²) in [5.41, 5.74) is 1.11. The van der Waals surface area contributed by atoms with Crippen LogP contribution in [-0.2, 0) is 21.3 Å². The molecule has 0 bridgehead atoms. The van der Waals surface area contributed by atoms with E-state index in [1.165, 1.54) is 32.1 Å². The number of anilines is 1. The number of hydrogen-bond acceptors (Lipinski definition) is 6. The Morgan fingerprint density at radius 1 is 1.23 bits per heavy atom. The Morgan fingerprint density at radius 3 is 2.67 bits per heavy atom. The molecule has 0 spiro atoms. The minimum Gasteiger partial charge on any atom is -0.383 e. The van der Waals surface area contributed by atoms with Crippen molar-refractivity contribution in [2.24, 2.45) is 0 Å². The Labute approximate surface area is 185 Å². The van der Waals surface area contributed by atoms with Crippen LogP contribution >= 0.6 is 15.9 Å². The van der Waals surface area contributed by atoms with Crippen LogP contribution in [0.3, 0.4) is 0 Å². The Bertz CT molecular complexity index is 977. The minimum atomic E-state index is -3.73. The standard InChI is InChI=1S/C20H25BrN4O4S/c1-29-11-8-24-30(27,28)16-5-6-18(21)17(12-16)20(26)23-14-15-4-7-19(22-13-15)25-9-2-3-10-25/h4-7,12-13,24H,2-3,8-11,14H2,1H3,(H,23,26). The number of pyridine rings is 1. The summed E-state index contributed by atoms with van der Waals surface area (Å²) in [6, 6.07) is 8.24. The number of carbonyl (C=O) groups is 1. The zero-order valence-electron chi connectivity index (χ0n) is 16.7. The van der Waals surface area contributed by atoms with Gasteiger partial charge in [0.05, 0.1) is 17.1 Å². The average Bonchev–Trinajstić information content (AvgIpc) is 3.27. The first-order valence-corrected chi connectivity index (χ1v) is 11.9. The SMILES string of the molecule is COCCNS(=O)(=O)c1ccc(Br)c(C(=O)NCc2ccc(N3CCCC3)nc2)c1. The number of nitrogens with one attached hydrogen (secondary N) is 2. The second kappa shape index (κ2) is 10.3. The molecule has 1 saturated heterocycles. The predicted octanol–water partition coefficient (Wildman–Crippen LogP) is 2.30. The third-order valence-electron chi connectivity index (χ3n) is 4.78. The fraction of sp³-hybridized carbons (Fsp3) is 0.400. The van der Waals surface area contributed by atoms with E-state index in [4.69, 9.17) is 4.74 Å². The van der Waals surface area contributed by atoms with Crippen molar-refractivity contribution in [2.75, 3.05) is 38.3 Å². The van der Waals surface area contributed by atoms with Crippen LogP contribution in [0.5, 0.6) is 0 Å². The first-order valence-electron chi connectivity index (χ1n) is 9.67. The number of carbonyl (C=O) groups excluding carboxylic acids is 1. The van der Waals surface area contributed by atoms with Crippen molar-refractivity contribution < 1.29 is 17.9 Å². The van der Waals surface area contributed by atoms with E-state index >= 15 is 0 Å². The number of aromatic nitrogens is 1. The molecule has 30 heavy (non-hydrogen) atoms. The van der Waals surface area contributed by atoms with Gasteiger partial charge in [0.15, 0.2) is 0 Å². The third-order valence-corrected chi connectivity index (χ3v) is 6.93. The number of rotatable bonds is 9. The molecule has 1 aromatic carbocycles. The lowest BCUT2D eigenvalue weighted by atomic mass is 10.2. The molecule has 1 aromatic heterocycles. The molecule has 1 aliphatic rings. The molecule has 3 rings (SSSR count). The molecule has 0 atom stereocenters. The summed E-state index contributed by atoms with van der Waals surface area (Å²) >= 11 is 3.32. The Hall–Kier alpha value is -2.01. The smallest absolute Gasteiger partial charge is 0.252 e. The minimum absolute atomic E-state index is 0.0172. The fourth-order valence-electron chi connectivity index (χ4n) is 3.14. The van der Waals surface area contributed by atoms with Gasteiger partial charge in [-0.25, -0.2) is 18.1 Å². The van der Waals surface area contributed by atoms with E-state index in [1.807, 2.05) is 12.1 Å². The summed E-state index contributed by atoms with van der Waals surface area (Å²) in [5.74, 6) is 0.573. The van der Waals surface area contributed by atoms with Gasteiger partial charge in [0.25, 0.3) is 5.91 Å². The van der Waals surface area contributed by atoms with Crippen molar-refractivity contribution in [3.05, 3.63) is 52.1 Å². The van der Waals surface area contributed by atoms with Gasteiger partial charge in [0.2, 0.25) is 10.0 Å². The number of halogens is 1. The second-order valence-corrected chi connectivity index (χ2v) is 9.55. The van der Waals surface area contributed by atoms with Gasteiger partial charge in [-0.3, -0.25) is 4.79 Å². The van der Waals surface area contributed by atoms with Gasteiger partial charge in [-0.1, -0.05) is 6.07 Å². The van der Waals surface area contributed by atoms with Gasteiger partial charge in [-0.05, 0) is 58.6 Å². The molecule has 10 heteroatoms. The molecule has 2 heterocycles. The van der Waals surface area contributed by atoms with Crippen molar-refractivity contribution in [2.45, 2.75) is 24.3 Å². The van der Waals surface area contributed by atoms with Crippen molar-refractivity contribution in [1.82, 2.24) is 15.0 Å². The zero-order chi connectivity index (χ0) is 21.6. The molecular weight excluding hydrogens is 472 g/mol. The number of nitrogens with zero attached hydrogens (tertiary/aromatic N) is 2. The first kappa shape index (κ1) is 22.7. The third kappa shape index (κ3) is 5.78. The van der Waals surface area contributed by atoms with E-state index in [2.05, 4.69) is 35.9 Å². The number of methoxy groups -OCH3 is 1. The van der Waals surface area contributed by atoms with Crippen LogP contribution in [0.2, 0.25) is 0 Å². The lowest BCUT2D eigenvalue weighted by molar-refractivity contribution is 0.0950. The highest BCUT2D eigenvalue weighted by molar-refractivity contribution is 9.10. The molecule has 0 aliphatic carbocycles. The lowest BCUT2D eigenvalue weighted by Crippen LogP contribution is -2.28. The van der Waals surface area contributed by atoms with Crippen LogP contribution in [-0.4, -0.2) is 52.7 Å². The largest absolute Gasteiger partial charge is 0.383 e. The Morgan fingerprint density at radius 2 is 2.00 bits per heavy atom. The summed E-state index contributed by atoms with van der Waals surface area (Å²) in [6.07, 6.45) is 4.12. The van der Waals surface area contributed by atoms with Crippen LogP contribution < -0.4 is 14.9 Å². The first-order chi connectivity index (χ1) is 14.4. The van der Waals surface area contributed by atoms with Crippen molar-refractivity contribution >= 4 is 37.7 Å². The second-order valence-electron chi connectivity index (χ2n) is 6.93. The van der Waals surface area contributed by atoms with E-state index < -0.39 is 10.0 Å². The Balaban J connectivity index is 1.64. The number of sulfonamides is 1. The molecule has 0 radical (unpaired) electrons. The number of amides is 1. The van der Waals surface area contributed by atoms with Crippen LogP contribution in [0.15, 0.2) is 45.9 Å². The number of ether oxygens (including phenoxy) is 1. The molecule has 0 unspecified atom stereocenters. The van der Waals surface area contributed by atoms with E-state index in [1.54, 1.807) is 12.3 Å². The molecule has 8 nitrogen and oxygen atoms in total. The molecule has 1 amide bonds. The van der Waals surface area contributed by atoms with Crippen LogP contribution in [0.4, 0.5) is 5.82 Å². The maximum atomic E-state index is 12.6. The molecule has 0 saturated carbocycles. The van der Waals surface area contributed by atoms with Gasteiger partial charge >= 0.3 is 0 Å². The fourth-order valence-corrected chi connectivity index (χ4v) is 4.60. The van der Waals surface area contributed by atoms with E-state index in [0.29, 0.717) is 11.0 Å². The molecule has 1 aliphatic heterocycles. The quantitative estimate of drug-likeness (QED) is 0.516. The van der Waals surface area contributed by atoms with Gasteiger partial charge in [0, 0.05) is 44.0 Å². The van der Waals surface area contributed by atoms with E-state index in [-0.39, 0.29) is 29.5 Å². The van der Waals surface area contributed by atoms with Crippen molar-refractivity contribution in [3.8, 4) is 0 Å². The molecule has 162 valence electrons. The van der Waals surface area contributed by atoms with E-state index in [9.17, 15) is 13.2 Å². The molecule has 2 N–H and O–H groups in total. The van der Waals surface area contributed by atoms with Crippen molar-refractivity contribution in [1.29, 1.82) is 0 Å². The normalized spacial score (nSPS) is 14.1. The lowest BCUT2D eigenvalue weighted by Gasteiger charge is -2.16. The summed E-state index contributed by atoms with van der Waals surface area (Å²) in [7, 11) is -2.24. The molecule has 2 aromatic rings. The number of hydrogen-bond donors (Lipinski definition) is 2. The van der Waals surface area contributed by atoms with E-state index in [0.717, 1.165) is 24.5 Å². The van der Waals surface area contributed by atoms with Crippen LogP contribution in [0, 0.1) is 0 Å². The Kier molecular flexibility index (Phi) is 7.81. The monoisotopic (exact) mass is 496 g/mol. The van der Waals surface area contributed by atoms with Gasteiger partial charge in [-0.15, -0.1) is 0 Å². The summed E-state index contributed by atoms with van der Waals surface area (Å²) < 4.78 is 32.6. The highest BCUT2D eigenvalue weighted by atomic mass is 79.9. The summed E-state index contributed by atoms with van der Waals surface area (Å²) in [4.78, 5) is 19.4. The van der Waals surface area contributed by atoms with Crippen molar-refractivity contribution in [3.63, 3.8) is 0 Å². The molecular formula is C20H25BrN4O4S. The number of benzene rings is 1. The highest BCUT2D eigenvalue weighted by Gasteiger charge is 2.18. The van der Waals surface area contributed by atoms with Crippen LogP contribution in [0.1, 0.15) is 28.8 Å². The topological polar surface area (TPSA) is 101 Å². The summed E-state index contributed by atoms with van der Waals surface area (Å²) in [5, 5.41) is 2.82.